The Balaban J connectivity index is 1.85. The first-order valence-electron chi connectivity index (χ1n) is 6.45. The predicted octanol–water partition coefficient (Wildman–Crippen LogP) is 1.21. The van der Waals surface area contributed by atoms with E-state index in [0.29, 0.717) is 38.8 Å². The van der Waals surface area contributed by atoms with E-state index in [4.69, 9.17) is 4.52 Å². The van der Waals surface area contributed by atoms with E-state index in [0.717, 1.165) is 17.0 Å². The maximum absolute atomic E-state index is 12.0. The lowest BCUT2D eigenvalue weighted by atomic mass is 10.1. The summed E-state index contributed by atoms with van der Waals surface area (Å²) in [5.74, 6) is 0.955. The van der Waals surface area contributed by atoms with Crippen LogP contribution in [0.4, 0.5) is 0 Å². The topological polar surface area (TPSA) is 66.6 Å². The number of hydrogen-bond donors (Lipinski definition) is 1. The average molecular weight is 252 g/mol. The summed E-state index contributed by atoms with van der Waals surface area (Å²) >= 11 is 0. The molecule has 0 aromatic carbocycles. The summed E-state index contributed by atoms with van der Waals surface area (Å²) in [7, 11) is 0. The lowest BCUT2D eigenvalue weighted by molar-refractivity contribution is -0.133. The Kier molecular flexibility index (Phi) is 4.01. The first-order chi connectivity index (χ1) is 8.58. The third-order valence-corrected chi connectivity index (χ3v) is 3.59. The van der Waals surface area contributed by atoms with Gasteiger partial charge >= 0.3 is 0 Å². The number of likely N-dealkylation sites (tertiary alicyclic amines) is 1. The zero-order valence-electron chi connectivity index (χ0n) is 11.0. The van der Waals surface area contributed by atoms with Crippen LogP contribution in [0.5, 0.6) is 0 Å². The first-order valence-corrected chi connectivity index (χ1v) is 6.45. The lowest BCUT2D eigenvalue weighted by Crippen LogP contribution is -2.40. The van der Waals surface area contributed by atoms with E-state index in [-0.39, 0.29) is 12.0 Å². The Labute approximate surface area is 107 Å². The van der Waals surface area contributed by atoms with Crippen LogP contribution >= 0.6 is 0 Å². The molecule has 18 heavy (non-hydrogen) atoms. The van der Waals surface area contributed by atoms with Crippen molar-refractivity contribution in [2.24, 2.45) is 0 Å². The molecule has 5 heteroatoms. The summed E-state index contributed by atoms with van der Waals surface area (Å²) in [6.45, 7) is 5.10. The van der Waals surface area contributed by atoms with Gasteiger partial charge in [-0.3, -0.25) is 4.79 Å². The van der Waals surface area contributed by atoms with E-state index < -0.39 is 0 Å². The van der Waals surface area contributed by atoms with Crippen LogP contribution in [0, 0.1) is 13.8 Å². The van der Waals surface area contributed by atoms with Crippen molar-refractivity contribution in [2.75, 3.05) is 13.1 Å². The fourth-order valence-corrected chi connectivity index (χ4v) is 2.36. The van der Waals surface area contributed by atoms with Crippen molar-refractivity contribution in [1.29, 1.82) is 0 Å². The fourth-order valence-electron chi connectivity index (χ4n) is 2.36. The number of rotatable bonds is 3. The number of aliphatic hydroxyl groups excluding tert-OH is 1. The molecule has 0 spiro atoms. The second kappa shape index (κ2) is 5.52. The molecule has 5 nitrogen and oxygen atoms in total. The maximum atomic E-state index is 12.0. The van der Waals surface area contributed by atoms with Crippen molar-refractivity contribution in [3.8, 4) is 0 Å². The van der Waals surface area contributed by atoms with Crippen LogP contribution in [0.1, 0.15) is 36.3 Å². The van der Waals surface area contributed by atoms with Crippen LogP contribution in [0.25, 0.3) is 0 Å². The molecule has 0 bridgehead atoms. The van der Waals surface area contributed by atoms with E-state index in [9.17, 15) is 9.90 Å². The number of hydrogen-bond acceptors (Lipinski definition) is 4. The second-order valence-electron chi connectivity index (χ2n) is 4.91. The molecule has 1 aromatic heterocycles. The van der Waals surface area contributed by atoms with Crippen LogP contribution in [0.3, 0.4) is 0 Å². The van der Waals surface area contributed by atoms with Gasteiger partial charge in [0.05, 0.1) is 11.8 Å². The zero-order chi connectivity index (χ0) is 13.1. The summed E-state index contributed by atoms with van der Waals surface area (Å²) in [6, 6.07) is 0. The van der Waals surface area contributed by atoms with Crippen LogP contribution in [0.2, 0.25) is 0 Å². The molecule has 1 aliphatic heterocycles. The van der Waals surface area contributed by atoms with Gasteiger partial charge in [0.2, 0.25) is 5.91 Å². The SMILES string of the molecule is Cc1noc(C)c1CCC(=O)N1CCC(O)CC1. The number of aromatic nitrogens is 1. The Morgan fingerprint density at radius 3 is 2.67 bits per heavy atom. The van der Waals surface area contributed by atoms with Crippen molar-refractivity contribution in [3.05, 3.63) is 17.0 Å². The number of piperidine rings is 1. The van der Waals surface area contributed by atoms with Crippen LogP contribution in [-0.4, -0.2) is 40.3 Å². The Hall–Kier alpha value is -1.36. The number of nitrogens with zero attached hydrogens (tertiary/aromatic N) is 2. The zero-order valence-corrected chi connectivity index (χ0v) is 11.0. The maximum Gasteiger partial charge on any atom is 0.222 e. The molecule has 1 aromatic rings. The van der Waals surface area contributed by atoms with Crippen molar-refractivity contribution in [2.45, 2.75) is 45.6 Å². The minimum Gasteiger partial charge on any atom is -0.393 e. The Morgan fingerprint density at radius 2 is 2.11 bits per heavy atom. The standard InChI is InChI=1S/C13H20N2O3/c1-9-12(10(2)18-14-9)3-4-13(17)15-7-5-11(16)6-8-15/h11,16H,3-8H2,1-2H3. The smallest absolute Gasteiger partial charge is 0.222 e. The largest absolute Gasteiger partial charge is 0.393 e. The number of aliphatic hydroxyl groups is 1. The van der Waals surface area contributed by atoms with Crippen molar-refractivity contribution in [1.82, 2.24) is 10.1 Å². The van der Waals surface area contributed by atoms with Gasteiger partial charge in [0.15, 0.2) is 0 Å². The molecule has 0 aliphatic carbocycles. The van der Waals surface area contributed by atoms with Gasteiger partial charge in [0, 0.05) is 25.1 Å². The van der Waals surface area contributed by atoms with Crippen LogP contribution in [-0.2, 0) is 11.2 Å². The third kappa shape index (κ3) is 2.90. The van der Waals surface area contributed by atoms with Crippen LogP contribution < -0.4 is 0 Å². The number of carbonyl (C=O) groups is 1. The van der Waals surface area contributed by atoms with Crippen molar-refractivity contribution in [3.63, 3.8) is 0 Å². The number of amides is 1. The minimum atomic E-state index is -0.239. The van der Waals surface area contributed by atoms with Gasteiger partial charge in [0.1, 0.15) is 5.76 Å². The average Bonchev–Trinajstić information content (AvgIpc) is 2.67. The number of aryl methyl sites for hydroxylation is 2. The highest BCUT2D eigenvalue weighted by molar-refractivity contribution is 5.76. The normalized spacial score (nSPS) is 17.2. The van der Waals surface area contributed by atoms with Gasteiger partial charge in [0.25, 0.3) is 0 Å². The summed E-state index contributed by atoms with van der Waals surface area (Å²) in [6.07, 6.45) is 2.31. The van der Waals surface area contributed by atoms with Gasteiger partial charge in [-0.25, -0.2) is 0 Å². The van der Waals surface area contributed by atoms with Crippen molar-refractivity contribution >= 4 is 5.91 Å². The highest BCUT2D eigenvalue weighted by Gasteiger charge is 2.21. The minimum absolute atomic E-state index is 0.155. The molecule has 1 amide bonds. The highest BCUT2D eigenvalue weighted by Crippen LogP contribution is 2.16. The molecule has 0 unspecified atom stereocenters. The van der Waals surface area contributed by atoms with E-state index in [2.05, 4.69) is 5.16 Å². The van der Waals surface area contributed by atoms with E-state index in [1.54, 1.807) is 0 Å². The molecule has 1 N–H and O–H groups in total. The van der Waals surface area contributed by atoms with E-state index >= 15 is 0 Å². The van der Waals surface area contributed by atoms with Gasteiger partial charge in [-0.2, -0.15) is 0 Å². The van der Waals surface area contributed by atoms with Crippen molar-refractivity contribution < 1.29 is 14.4 Å². The molecular weight excluding hydrogens is 232 g/mol. The van der Waals surface area contributed by atoms with Crippen LogP contribution in [0.15, 0.2) is 4.52 Å². The van der Waals surface area contributed by atoms with E-state index in [1.165, 1.54) is 0 Å². The first kappa shape index (κ1) is 13.1. The molecule has 0 radical (unpaired) electrons. The summed E-state index contributed by atoms with van der Waals surface area (Å²) < 4.78 is 5.08. The molecule has 2 rings (SSSR count). The van der Waals surface area contributed by atoms with E-state index in [1.807, 2.05) is 18.7 Å². The monoisotopic (exact) mass is 252 g/mol. The fraction of sp³-hybridized carbons (Fsp3) is 0.692. The van der Waals surface area contributed by atoms with Gasteiger partial charge in [-0.05, 0) is 33.1 Å². The molecule has 1 fully saturated rings. The quantitative estimate of drug-likeness (QED) is 0.878. The molecule has 2 heterocycles. The third-order valence-electron chi connectivity index (χ3n) is 3.59. The molecule has 1 saturated heterocycles. The molecule has 0 atom stereocenters. The van der Waals surface area contributed by atoms with Gasteiger partial charge < -0.3 is 14.5 Å². The second-order valence-corrected chi connectivity index (χ2v) is 4.91. The molecular formula is C13H20N2O3. The van der Waals surface area contributed by atoms with Gasteiger partial charge in [-0.1, -0.05) is 5.16 Å². The Bertz CT molecular complexity index is 400. The van der Waals surface area contributed by atoms with Gasteiger partial charge in [-0.15, -0.1) is 0 Å². The lowest BCUT2D eigenvalue weighted by Gasteiger charge is -2.29. The molecule has 1 aliphatic rings. The highest BCUT2D eigenvalue weighted by atomic mass is 16.5. The Morgan fingerprint density at radius 1 is 1.44 bits per heavy atom. The molecule has 0 saturated carbocycles. The summed E-state index contributed by atoms with van der Waals surface area (Å²) in [5.41, 5.74) is 1.91. The molecule has 100 valence electrons. The summed E-state index contributed by atoms with van der Waals surface area (Å²) in [4.78, 5) is 13.9. The summed E-state index contributed by atoms with van der Waals surface area (Å²) in [5, 5.41) is 13.3. The number of carbonyl (C=O) groups excluding carboxylic acids is 1. The predicted molar refractivity (Wildman–Crippen MR) is 66.1 cm³/mol.